The molecule has 0 saturated carbocycles. The molecule has 141 heavy (non-hydrogen) atoms. The zero-order valence-corrected chi connectivity index (χ0v) is 79.0. The van der Waals surface area contributed by atoms with Gasteiger partial charge in [-0.05, 0) is 148 Å². The maximum atomic E-state index is 13.3. The lowest BCUT2D eigenvalue weighted by molar-refractivity contribution is -0.125. The molecule has 8 N–H and O–H groups in total. The van der Waals surface area contributed by atoms with Gasteiger partial charge in [-0.25, -0.2) is 19.2 Å². The van der Waals surface area contributed by atoms with Gasteiger partial charge in [0.25, 0.3) is 47.3 Å². The highest BCUT2D eigenvalue weighted by atomic mass is 16.5. The lowest BCUT2D eigenvalue weighted by atomic mass is 9.88. The maximum absolute atomic E-state index is 13.3. The Kier molecular flexibility index (Phi) is 26.8. The summed E-state index contributed by atoms with van der Waals surface area (Å²) in [7, 11) is 5.23. The molecule has 8 aliphatic heterocycles. The fraction of sp³-hybridized carbons (Fsp3) is 0.276. The first kappa shape index (κ1) is 95.3. The van der Waals surface area contributed by atoms with Gasteiger partial charge in [0.05, 0.1) is 64.7 Å². The number of methoxy groups -OCH3 is 1. The number of urea groups is 4. The third kappa shape index (κ3) is 19.6. The monoisotopic (exact) mass is 1900 g/mol. The summed E-state index contributed by atoms with van der Waals surface area (Å²) in [5.74, 6) is 11.6. The molecule has 0 aliphatic carbocycles. The first-order valence-electron chi connectivity index (χ1n) is 45.8. The van der Waals surface area contributed by atoms with Crippen molar-refractivity contribution in [3.63, 3.8) is 0 Å². The zero-order chi connectivity index (χ0) is 99.3. The van der Waals surface area contributed by atoms with Gasteiger partial charge in [0.15, 0.2) is 22.2 Å². The molecule has 0 bridgehead atoms. The van der Waals surface area contributed by atoms with Crippen LogP contribution in [0, 0.1) is 35.5 Å². The van der Waals surface area contributed by atoms with Crippen LogP contribution >= 0.6 is 0 Å². The van der Waals surface area contributed by atoms with Gasteiger partial charge in [-0.1, -0.05) is 161 Å². The third-order valence-electron chi connectivity index (χ3n) is 25.5. The van der Waals surface area contributed by atoms with Crippen molar-refractivity contribution >= 4 is 71.4 Å². The Morgan fingerprint density at radius 3 is 0.844 bits per heavy atom. The number of hydrogen-bond acceptors (Lipinski definition) is 20. The van der Waals surface area contributed by atoms with Crippen LogP contribution in [0.5, 0.6) is 23.0 Å². The van der Waals surface area contributed by atoms with Crippen molar-refractivity contribution in [1.29, 1.82) is 0 Å². The molecule has 16 amide bonds. The van der Waals surface area contributed by atoms with E-state index in [2.05, 4.69) is 114 Å². The van der Waals surface area contributed by atoms with Gasteiger partial charge in [0.2, 0.25) is 0 Å². The molecule has 4 atom stereocenters. The zero-order valence-electron chi connectivity index (χ0n) is 79.0. The third-order valence-corrected chi connectivity index (χ3v) is 25.5. The summed E-state index contributed by atoms with van der Waals surface area (Å²) in [5.41, 5.74) is 9.79. The van der Waals surface area contributed by atoms with Crippen LogP contribution < -0.4 is 61.5 Å². The minimum absolute atomic E-state index is 0.00602. The Morgan fingerprint density at radius 1 is 0.340 bits per heavy atom. The molecule has 4 fully saturated rings. The highest BCUT2D eigenvalue weighted by Crippen LogP contribution is 2.41. The number of nitrogens with one attached hydrogen (secondary N) is 8. The molecule has 8 aliphatic rings. The Morgan fingerprint density at radius 2 is 0.603 bits per heavy atom. The average molecular weight is 1900 g/mol. The molecule has 8 aromatic carbocycles. The number of amides is 16. The first-order valence-corrected chi connectivity index (χ1v) is 45.8. The Hall–Kier alpha value is -17.4. The van der Waals surface area contributed by atoms with Crippen LogP contribution in [0.2, 0.25) is 0 Å². The van der Waals surface area contributed by atoms with Gasteiger partial charge in [-0.2, -0.15) is 20.4 Å². The topological polar surface area (TPSA) is 422 Å². The van der Waals surface area contributed by atoms with E-state index in [1.807, 2.05) is 171 Å². The summed E-state index contributed by atoms with van der Waals surface area (Å²) in [6.45, 7) is 17.8. The maximum Gasteiger partial charge on any atom is 0.322 e. The van der Waals surface area contributed by atoms with Crippen LogP contribution in [0.3, 0.4) is 0 Å². The molecule has 0 unspecified atom stereocenters. The second-order valence-electron chi connectivity index (χ2n) is 36.0. The normalized spacial score (nSPS) is 18.8. The Labute approximate surface area is 811 Å². The van der Waals surface area contributed by atoms with E-state index in [0.29, 0.717) is 112 Å². The number of ether oxygens (including phenoxy) is 4. The second kappa shape index (κ2) is 39.7. The minimum Gasteiger partial charge on any atom is -0.497 e. The van der Waals surface area contributed by atoms with Gasteiger partial charge in [-0.15, -0.1) is 11.8 Å². The van der Waals surface area contributed by atoms with Gasteiger partial charge in [-0.3, -0.25) is 78.4 Å². The molecule has 718 valence electrons. The number of aromatic nitrogens is 8. The lowest BCUT2D eigenvalue weighted by Crippen LogP contribution is -2.52. The first-order chi connectivity index (χ1) is 67.9. The number of nitrogens with zero attached hydrogens (tertiary/aromatic N) is 12. The van der Waals surface area contributed by atoms with Crippen molar-refractivity contribution in [1.82, 2.24) is 101 Å². The molecule has 4 aromatic heterocycles. The molecule has 36 nitrogen and oxygen atoms in total. The molecule has 4 saturated heterocycles. The van der Waals surface area contributed by atoms with E-state index < -0.39 is 69.9 Å². The van der Waals surface area contributed by atoms with Crippen molar-refractivity contribution < 1.29 is 76.5 Å². The predicted octanol–water partition coefficient (Wildman–Crippen LogP) is 10.6. The van der Waals surface area contributed by atoms with E-state index >= 15 is 0 Å². The van der Waals surface area contributed by atoms with Crippen molar-refractivity contribution in [2.75, 3.05) is 53.1 Å². The summed E-state index contributed by atoms with van der Waals surface area (Å²) in [5, 5.41) is 37.7. The van der Waals surface area contributed by atoms with E-state index in [0.717, 1.165) is 79.9 Å². The highest BCUT2D eigenvalue weighted by molar-refractivity contribution is 6.12. The highest BCUT2D eigenvalue weighted by Gasteiger charge is 2.55. The van der Waals surface area contributed by atoms with E-state index in [9.17, 15) is 57.5 Å². The number of fused-ring (bicyclic) bond motifs is 4. The van der Waals surface area contributed by atoms with Crippen LogP contribution in [-0.4, -0.2) is 183 Å². The second-order valence-corrected chi connectivity index (χ2v) is 36.0. The van der Waals surface area contributed by atoms with Gasteiger partial charge >= 0.3 is 24.1 Å². The number of benzene rings is 8. The van der Waals surface area contributed by atoms with Crippen molar-refractivity contribution in [2.45, 2.75) is 110 Å². The van der Waals surface area contributed by atoms with Crippen molar-refractivity contribution in [2.24, 2.45) is 25.9 Å². The van der Waals surface area contributed by atoms with Crippen LogP contribution in [0.15, 0.2) is 219 Å². The number of imide groups is 4. The lowest BCUT2D eigenvalue weighted by Gasteiger charge is -2.31. The minimum atomic E-state index is -1.41. The van der Waals surface area contributed by atoms with E-state index in [1.54, 1.807) is 129 Å². The van der Waals surface area contributed by atoms with Gasteiger partial charge in [0.1, 0.15) is 36.2 Å². The molecule has 0 radical (unpaired) electrons. The quantitative estimate of drug-likeness (QED) is 0.0175. The fourth-order valence-electron chi connectivity index (χ4n) is 18.5. The number of aryl methyl sites for hydroxylation is 2. The molecule has 12 heterocycles. The fourth-order valence-corrected chi connectivity index (χ4v) is 18.5. The molecule has 0 spiro atoms. The smallest absolute Gasteiger partial charge is 0.322 e. The van der Waals surface area contributed by atoms with Crippen molar-refractivity contribution in [3.8, 4) is 91.2 Å². The number of hydrogen-bond donors (Lipinski definition) is 8. The average Bonchev–Trinajstić information content (AvgIpc) is 1.61. The molecule has 12 aromatic rings. The molecular formula is C105H102N20O16. The molecule has 20 rings (SSSR count). The van der Waals surface area contributed by atoms with E-state index in [-0.39, 0.29) is 63.0 Å². The van der Waals surface area contributed by atoms with Gasteiger partial charge in [0, 0.05) is 123 Å². The summed E-state index contributed by atoms with van der Waals surface area (Å²) in [6.07, 6.45) is 14.9. The van der Waals surface area contributed by atoms with E-state index in [1.165, 1.54) is 0 Å². The number of carbonyl (C=O) groups excluding carboxylic acids is 12. The van der Waals surface area contributed by atoms with Crippen LogP contribution in [0.4, 0.5) is 19.2 Å². The number of carbonyl (C=O) groups is 12. The SMILES string of the molecule is CC#CCOc1ccc2c(c1)C(=O)N(C[C@@]1(c3ccc(-c4cnn(C)c4)cc3)NC(=O)NC1=O)C2.CC#CCOc1ccc2c(c1)C(=O)N(C[C@@]1(c3ccc(-c4cnn(CC(C)C)c4)cc3)NC(=O)NC1=O)C2.CCOc1ccc2c(c1)C(=O)N(C[C@@]1(c3ccc(-c4cnn(C)c4)cc3)NC(=O)NC1=O)C2.COc1ccc2c(c1)C(=O)N(C[C@@]1(c3ccc(-c4cnn(CC(C)C)c4)cc3)NC(=O)NC1=O)C2. The van der Waals surface area contributed by atoms with Crippen LogP contribution in [-0.2, 0) is 94.7 Å². The standard InChI is InChI=1S/C29H29N5O4.C26H27N5O4.C26H23N5O4.C24H23N5O4/c1-4-5-12-38-24-11-8-21-16-33(26(35)25(21)13-24)18-29(27(36)31-28(37)32-29)23-9-6-20(7-10-23)22-14-30-34(17-22)15-19(2)3;1-16(2)12-31-14-19(11-27-31)17-4-7-20(8-5-17)26(24(33)28-25(34)29-26)15-30-13-18-6-9-21(35-3)10-22(18)23(30)32;1-3-4-11-35-21-10-7-18-15-31(23(32)22(18)12-21)16-26(24(33)28-25(34)29-26)20-8-5-17(6-9-20)19-13-27-30(2)14-19;1-3-33-19-9-6-16-13-29(21(30)20(16)10-19)14-24(22(31)26-23(32)27-24)18-7-4-15(5-8-18)17-11-25-28(2)12-17/h6-11,13-14,17,19H,12,15-16,18H2,1-3H3,(H2,31,32,36,37);4-11,14,16H,12-13,15H2,1-3H3,(H2,28,29,33,34);5-10,12-14H,11,15-16H2,1-2H3,(H2,28,29,33,34);4-12H,3,13-14H2,1-2H3,(H2,26,27,31,32)/t29-;2*26-;24-/m0000/s1. The summed E-state index contributed by atoms with van der Waals surface area (Å²) in [6, 6.07) is 48.6. The summed E-state index contributed by atoms with van der Waals surface area (Å²) in [4.78, 5) is 160. The van der Waals surface area contributed by atoms with Crippen molar-refractivity contribution in [3.05, 3.63) is 286 Å². The summed E-state index contributed by atoms with van der Waals surface area (Å²) >= 11 is 0. The summed E-state index contributed by atoms with van der Waals surface area (Å²) < 4.78 is 29.2. The van der Waals surface area contributed by atoms with Crippen LogP contribution in [0.25, 0.3) is 44.5 Å². The van der Waals surface area contributed by atoms with Gasteiger partial charge < -0.3 is 59.8 Å². The molecule has 36 heteroatoms. The Balaban J connectivity index is 0.000000130. The molecular weight excluding hydrogens is 1800 g/mol. The van der Waals surface area contributed by atoms with E-state index in [4.69, 9.17) is 18.9 Å². The predicted molar refractivity (Wildman–Crippen MR) is 516 cm³/mol. The number of rotatable bonds is 27. The Bertz CT molecular complexity index is 7120. The van der Waals surface area contributed by atoms with Crippen LogP contribution in [0.1, 0.15) is 134 Å². The largest absolute Gasteiger partial charge is 0.497 e.